The van der Waals surface area contributed by atoms with Gasteiger partial charge >= 0.3 is 12.0 Å². The van der Waals surface area contributed by atoms with E-state index in [9.17, 15) is 9.59 Å². The first-order valence-electron chi connectivity index (χ1n) is 5.23. The van der Waals surface area contributed by atoms with Crippen molar-refractivity contribution >= 4 is 23.8 Å². The topological polar surface area (TPSA) is 81.7 Å². The van der Waals surface area contributed by atoms with Crippen molar-refractivity contribution in [3.05, 3.63) is 35.9 Å². The van der Waals surface area contributed by atoms with Gasteiger partial charge < -0.3 is 10.4 Å². The maximum atomic E-state index is 11.4. The molecule has 0 aliphatic carbocycles. The van der Waals surface area contributed by atoms with Crippen molar-refractivity contribution in [3.63, 3.8) is 0 Å². The number of anilines is 1. The summed E-state index contributed by atoms with van der Waals surface area (Å²) in [5, 5.41) is 12.6. The predicted octanol–water partition coefficient (Wildman–Crippen LogP) is 1.38. The van der Waals surface area contributed by atoms with Crippen LogP contribution >= 0.6 is 0 Å². The Balaban J connectivity index is 2.60. The van der Waals surface area contributed by atoms with Crippen LogP contribution in [0.5, 0.6) is 0 Å². The van der Waals surface area contributed by atoms with Crippen LogP contribution in [0.25, 0.3) is 6.08 Å². The van der Waals surface area contributed by atoms with Crippen molar-refractivity contribution in [3.8, 4) is 0 Å². The lowest BCUT2D eigenvalue weighted by Crippen LogP contribution is -2.39. The Kier molecular flexibility index (Phi) is 4.89. The first-order chi connectivity index (χ1) is 8.47. The number of carbonyl (C=O) groups is 2. The van der Waals surface area contributed by atoms with E-state index in [1.807, 2.05) is 0 Å². The maximum absolute atomic E-state index is 11.4. The lowest BCUT2D eigenvalue weighted by atomic mass is 10.2. The van der Waals surface area contributed by atoms with Gasteiger partial charge in [-0.3, -0.25) is 5.43 Å². The number of rotatable bonds is 4. The molecular formula is C12H15N3O3. The minimum atomic E-state index is -0.998. The van der Waals surface area contributed by atoms with Crippen molar-refractivity contribution in [2.75, 3.05) is 19.4 Å². The molecule has 6 nitrogen and oxygen atoms in total. The Hall–Kier alpha value is -2.34. The molecule has 0 radical (unpaired) electrons. The lowest BCUT2D eigenvalue weighted by molar-refractivity contribution is -0.131. The molecule has 18 heavy (non-hydrogen) atoms. The van der Waals surface area contributed by atoms with E-state index in [0.29, 0.717) is 5.69 Å². The quantitative estimate of drug-likeness (QED) is 0.556. The van der Waals surface area contributed by atoms with Gasteiger partial charge in [0.25, 0.3) is 0 Å². The molecule has 0 aliphatic rings. The molecule has 0 saturated heterocycles. The second kappa shape index (κ2) is 6.41. The zero-order chi connectivity index (χ0) is 13.5. The summed E-state index contributed by atoms with van der Waals surface area (Å²) >= 11 is 0. The average Bonchev–Trinajstić information content (AvgIpc) is 2.26. The number of hydrogen-bond acceptors (Lipinski definition) is 3. The number of nitrogens with zero attached hydrogens (tertiary/aromatic N) is 1. The summed E-state index contributed by atoms with van der Waals surface area (Å²) in [6.07, 6.45) is 2.53. The molecule has 1 aromatic carbocycles. The molecule has 0 fully saturated rings. The van der Waals surface area contributed by atoms with Gasteiger partial charge in [-0.25, -0.2) is 14.6 Å². The van der Waals surface area contributed by atoms with Gasteiger partial charge in [0.05, 0.1) is 0 Å². The van der Waals surface area contributed by atoms with Crippen LogP contribution in [0.3, 0.4) is 0 Å². The predicted molar refractivity (Wildman–Crippen MR) is 69.0 cm³/mol. The van der Waals surface area contributed by atoms with E-state index < -0.39 is 5.97 Å². The minimum absolute atomic E-state index is 0.339. The number of carbonyl (C=O) groups excluding carboxylic acids is 1. The highest BCUT2D eigenvalue weighted by Gasteiger charge is 2.01. The Morgan fingerprint density at radius 1 is 1.22 bits per heavy atom. The van der Waals surface area contributed by atoms with Gasteiger partial charge in [0.2, 0.25) is 0 Å². The summed E-state index contributed by atoms with van der Waals surface area (Å²) in [5.74, 6) is -0.998. The summed E-state index contributed by atoms with van der Waals surface area (Å²) in [4.78, 5) is 21.7. The fourth-order valence-electron chi connectivity index (χ4n) is 1.21. The molecule has 0 unspecified atom stereocenters. The SMILES string of the molecule is CN(C)NC(=O)Nc1ccc(/C=C/C(=O)O)cc1. The molecule has 0 aromatic heterocycles. The number of nitrogens with one attached hydrogen (secondary N) is 2. The number of urea groups is 1. The summed E-state index contributed by atoms with van der Waals surface area (Å²) in [7, 11) is 3.42. The van der Waals surface area contributed by atoms with Gasteiger partial charge in [-0.2, -0.15) is 0 Å². The van der Waals surface area contributed by atoms with Crippen LogP contribution in [0.2, 0.25) is 0 Å². The van der Waals surface area contributed by atoms with Crippen LogP contribution < -0.4 is 10.7 Å². The molecular weight excluding hydrogens is 234 g/mol. The monoisotopic (exact) mass is 249 g/mol. The molecule has 0 atom stereocenters. The van der Waals surface area contributed by atoms with Gasteiger partial charge in [0.1, 0.15) is 0 Å². The highest BCUT2D eigenvalue weighted by Crippen LogP contribution is 2.10. The van der Waals surface area contributed by atoms with E-state index in [4.69, 9.17) is 5.11 Å². The van der Waals surface area contributed by atoms with Crippen molar-refractivity contribution in [1.29, 1.82) is 0 Å². The van der Waals surface area contributed by atoms with Crippen molar-refractivity contribution in [2.24, 2.45) is 0 Å². The van der Waals surface area contributed by atoms with Gasteiger partial charge in [-0.05, 0) is 23.8 Å². The highest BCUT2D eigenvalue weighted by molar-refractivity contribution is 5.89. The van der Waals surface area contributed by atoms with Crippen LogP contribution in [0, 0.1) is 0 Å². The average molecular weight is 249 g/mol. The van der Waals surface area contributed by atoms with Gasteiger partial charge in [-0.15, -0.1) is 0 Å². The van der Waals surface area contributed by atoms with Crippen molar-refractivity contribution in [1.82, 2.24) is 10.4 Å². The Bertz CT molecular complexity index is 452. The van der Waals surface area contributed by atoms with E-state index >= 15 is 0 Å². The van der Waals surface area contributed by atoms with Crippen LogP contribution in [-0.2, 0) is 4.79 Å². The van der Waals surface area contributed by atoms with E-state index in [2.05, 4.69) is 10.7 Å². The van der Waals surface area contributed by atoms with Crippen LogP contribution in [0.4, 0.5) is 10.5 Å². The van der Waals surface area contributed by atoms with E-state index in [1.54, 1.807) is 38.4 Å². The largest absolute Gasteiger partial charge is 0.478 e. The fraction of sp³-hybridized carbons (Fsp3) is 0.167. The fourth-order valence-corrected chi connectivity index (χ4v) is 1.21. The number of carboxylic acids is 1. The molecule has 1 rings (SSSR count). The number of aliphatic carboxylic acids is 1. The van der Waals surface area contributed by atoms with Gasteiger partial charge in [0.15, 0.2) is 0 Å². The summed E-state index contributed by atoms with van der Waals surface area (Å²) in [6.45, 7) is 0. The van der Waals surface area contributed by atoms with Crippen molar-refractivity contribution in [2.45, 2.75) is 0 Å². The number of hydrogen-bond donors (Lipinski definition) is 3. The zero-order valence-corrected chi connectivity index (χ0v) is 10.2. The second-order valence-corrected chi connectivity index (χ2v) is 3.75. The van der Waals surface area contributed by atoms with E-state index in [-0.39, 0.29) is 6.03 Å². The molecule has 0 bridgehead atoms. The normalized spacial score (nSPS) is 10.6. The first-order valence-corrected chi connectivity index (χ1v) is 5.23. The molecule has 0 spiro atoms. The molecule has 6 heteroatoms. The van der Waals surface area contributed by atoms with Crippen LogP contribution in [-0.4, -0.2) is 36.2 Å². The number of benzene rings is 1. The standard InChI is InChI=1S/C12H15N3O3/c1-15(2)14-12(18)13-10-6-3-9(4-7-10)5-8-11(16)17/h3-8H,1-2H3,(H,16,17)(H2,13,14,18)/b8-5+. The maximum Gasteiger partial charge on any atom is 0.333 e. The minimum Gasteiger partial charge on any atom is -0.478 e. The molecule has 1 aromatic rings. The molecule has 2 amide bonds. The van der Waals surface area contributed by atoms with Gasteiger partial charge in [-0.1, -0.05) is 12.1 Å². The lowest BCUT2D eigenvalue weighted by Gasteiger charge is -2.12. The Labute approximate surface area is 105 Å². The van der Waals surface area contributed by atoms with E-state index in [1.165, 1.54) is 11.1 Å². The third kappa shape index (κ3) is 5.13. The third-order valence-corrected chi connectivity index (χ3v) is 1.91. The molecule has 96 valence electrons. The number of carboxylic acid groups (broad SMARTS) is 1. The number of hydrazine groups is 1. The molecule has 0 heterocycles. The summed E-state index contributed by atoms with van der Waals surface area (Å²) < 4.78 is 0. The molecule has 3 N–H and O–H groups in total. The third-order valence-electron chi connectivity index (χ3n) is 1.91. The van der Waals surface area contributed by atoms with E-state index in [0.717, 1.165) is 11.6 Å². The van der Waals surface area contributed by atoms with Crippen LogP contribution in [0.15, 0.2) is 30.3 Å². The smallest absolute Gasteiger partial charge is 0.333 e. The summed E-state index contributed by atoms with van der Waals surface area (Å²) in [5.41, 5.74) is 3.91. The molecule has 0 saturated carbocycles. The van der Waals surface area contributed by atoms with Gasteiger partial charge in [0, 0.05) is 25.9 Å². The summed E-state index contributed by atoms with van der Waals surface area (Å²) in [6, 6.07) is 6.47. The Morgan fingerprint density at radius 2 is 1.83 bits per heavy atom. The molecule has 0 aliphatic heterocycles. The van der Waals surface area contributed by atoms with Crippen LogP contribution in [0.1, 0.15) is 5.56 Å². The highest BCUT2D eigenvalue weighted by atomic mass is 16.4. The second-order valence-electron chi connectivity index (χ2n) is 3.75. The zero-order valence-electron chi connectivity index (χ0n) is 10.2. The van der Waals surface area contributed by atoms with Crippen molar-refractivity contribution < 1.29 is 14.7 Å². The first kappa shape index (κ1) is 13.7. The number of amides is 2. The Morgan fingerprint density at radius 3 is 2.33 bits per heavy atom.